The Balaban J connectivity index is 2.10. The Hall–Kier alpha value is -2.12. The first kappa shape index (κ1) is 13.3. The minimum atomic E-state index is -0.372. The number of hydrogen-bond acceptors (Lipinski definition) is 3. The van der Waals surface area contributed by atoms with Gasteiger partial charge in [-0.3, -0.25) is 4.90 Å². The van der Waals surface area contributed by atoms with Crippen LogP contribution in [0, 0.1) is 17.1 Å². The van der Waals surface area contributed by atoms with Crippen molar-refractivity contribution in [2.75, 3.05) is 6.54 Å². The number of rotatable bonds is 5. The van der Waals surface area contributed by atoms with Gasteiger partial charge in [-0.1, -0.05) is 6.92 Å². The highest BCUT2D eigenvalue weighted by Crippen LogP contribution is 2.13. The predicted molar refractivity (Wildman–Crippen MR) is 69.6 cm³/mol. The van der Waals surface area contributed by atoms with Crippen LogP contribution >= 0.6 is 0 Å². The largest absolute Gasteiger partial charge is 0.468 e. The highest BCUT2D eigenvalue weighted by molar-refractivity contribution is 5.33. The Bertz CT molecular complexity index is 572. The number of nitriles is 1. The monoisotopic (exact) mass is 258 g/mol. The van der Waals surface area contributed by atoms with Crippen LogP contribution in [0.25, 0.3) is 0 Å². The molecule has 0 spiro atoms. The molecule has 1 heterocycles. The highest BCUT2D eigenvalue weighted by atomic mass is 19.1. The molecule has 3 nitrogen and oxygen atoms in total. The van der Waals surface area contributed by atoms with Crippen LogP contribution in [0.3, 0.4) is 0 Å². The number of benzene rings is 1. The van der Waals surface area contributed by atoms with Gasteiger partial charge in [-0.05, 0) is 42.4 Å². The van der Waals surface area contributed by atoms with Gasteiger partial charge in [0.2, 0.25) is 0 Å². The smallest absolute Gasteiger partial charge is 0.124 e. The second-order valence-corrected chi connectivity index (χ2v) is 4.34. The first-order valence-electron chi connectivity index (χ1n) is 6.15. The molecule has 0 unspecified atom stereocenters. The van der Waals surface area contributed by atoms with Gasteiger partial charge < -0.3 is 4.42 Å². The molecular formula is C15H15FN2O. The molecule has 0 N–H and O–H groups in total. The second-order valence-electron chi connectivity index (χ2n) is 4.34. The molecule has 19 heavy (non-hydrogen) atoms. The highest BCUT2D eigenvalue weighted by Gasteiger charge is 2.08. The first-order valence-corrected chi connectivity index (χ1v) is 6.15. The van der Waals surface area contributed by atoms with Crippen LogP contribution in [-0.2, 0) is 13.1 Å². The Morgan fingerprint density at radius 1 is 1.32 bits per heavy atom. The Morgan fingerprint density at radius 2 is 2.16 bits per heavy atom. The van der Waals surface area contributed by atoms with Crippen molar-refractivity contribution in [3.63, 3.8) is 0 Å². The Kier molecular flexibility index (Phi) is 4.32. The molecule has 4 heteroatoms. The van der Waals surface area contributed by atoms with Gasteiger partial charge in [-0.25, -0.2) is 4.39 Å². The van der Waals surface area contributed by atoms with Crippen LogP contribution in [-0.4, -0.2) is 11.4 Å². The summed E-state index contributed by atoms with van der Waals surface area (Å²) in [5.74, 6) is 0.502. The summed E-state index contributed by atoms with van der Waals surface area (Å²) in [6, 6.07) is 10.1. The number of furan rings is 1. The van der Waals surface area contributed by atoms with Gasteiger partial charge in [0.25, 0.3) is 0 Å². The lowest BCUT2D eigenvalue weighted by Gasteiger charge is -2.19. The Labute approximate surface area is 111 Å². The third-order valence-corrected chi connectivity index (χ3v) is 2.90. The molecule has 98 valence electrons. The van der Waals surface area contributed by atoms with E-state index in [0.29, 0.717) is 18.7 Å². The SMILES string of the molecule is CCN(Cc1cc(F)cc(C#N)c1)Cc1ccco1. The Morgan fingerprint density at radius 3 is 2.79 bits per heavy atom. The molecule has 2 rings (SSSR count). The lowest BCUT2D eigenvalue weighted by molar-refractivity contribution is 0.247. The molecule has 0 saturated carbocycles. The molecule has 0 aliphatic rings. The van der Waals surface area contributed by atoms with Crippen molar-refractivity contribution in [1.29, 1.82) is 5.26 Å². The summed E-state index contributed by atoms with van der Waals surface area (Å²) in [7, 11) is 0. The molecular weight excluding hydrogens is 243 g/mol. The van der Waals surface area contributed by atoms with Crippen LogP contribution in [0.2, 0.25) is 0 Å². The maximum absolute atomic E-state index is 13.4. The van der Waals surface area contributed by atoms with E-state index in [9.17, 15) is 4.39 Å². The van der Waals surface area contributed by atoms with Crippen molar-refractivity contribution in [3.8, 4) is 6.07 Å². The zero-order valence-corrected chi connectivity index (χ0v) is 10.8. The van der Waals surface area contributed by atoms with Gasteiger partial charge in [0.1, 0.15) is 11.6 Å². The maximum atomic E-state index is 13.4. The molecule has 0 aliphatic carbocycles. The standard InChI is InChI=1S/C15H15FN2O/c1-2-18(11-15-4-3-5-19-15)10-13-6-12(9-17)7-14(16)8-13/h3-8H,2,10-11H2,1H3. The predicted octanol–water partition coefficient (Wildman–Crippen LogP) is 3.31. The number of halogens is 1. The zero-order valence-electron chi connectivity index (χ0n) is 10.8. The molecule has 1 aromatic heterocycles. The lowest BCUT2D eigenvalue weighted by Crippen LogP contribution is -2.22. The van der Waals surface area contributed by atoms with E-state index in [1.165, 1.54) is 12.1 Å². The van der Waals surface area contributed by atoms with E-state index in [1.807, 2.05) is 25.1 Å². The lowest BCUT2D eigenvalue weighted by atomic mass is 10.1. The minimum Gasteiger partial charge on any atom is -0.468 e. The summed E-state index contributed by atoms with van der Waals surface area (Å²) in [4.78, 5) is 2.12. The molecule has 0 bridgehead atoms. The maximum Gasteiger partial charge on any atom is 0.124 e. The van der Waals surface area contributed by atoms with Crippen LogP contribution in [0.4, 0.5) is 4.39 Å². The fraction of sp³-hybridized carbons (Fsp3) is 0.267. The fourth-order valence-electron chi connectivity index (χ4n) is 1.97. The number of nitrogens with zero attached hydrogens (tertiary/aromatic N) is 2. The van der Waals surface area contributed by atoms with Crippen molar-refractivity contribution in [3.05, 3.63) is 59.3 Å². The van der Waals surface area contributed by atoms with E-state index in [2.05, 4.69) is 4.90 Å². The van der Waals surface area contributed by atoms with Gasteiger partial charge in [0.15, 0.2) is 0 Å². The molecule has 0 atom stereocenters. The third-order valence-electron chi connectivity index (χ3n) is 2.90. The van der Waals surface area contributed by atoms with Gasteiger partial charge in [-0.15, -0.1) is 0 Å². The first-order chi connectivity index (χ1) is 9.21. The number of hydrogen-bond donors (Lipinski definition) is 0. The van der Waals surface area contributed by atoms with Gasteiger partial charge in [0.05, 0.1) is 24.4 Å². The fourth-order valence-corrected chi connectivity index (χ4v) is 1.97. The molecule has 2 aromatic rings. The average Bonchev–Trinajstić information content (AvgIpc) is 2.90. The van der Waals surface area contributed by atoms with E-state index in [0.717, 1.165) is 17.9 Å². The van der Waals surface area contributed by atoms with Gasteiger partial charge >= 0.3 is 0 Å². The van der Waals surface area contributed by atoms with Crippen LogP contribution in [0.15, 0.2) is 41.0 Å². The van der Waals surface area contributed by atoms with Gasteiger partial charge in [0, 0.05) is 6.54 Å². The van der Waals surface area contributed by atoms with Crippen molar-refractivity contribution in [2.45, 2.75) is 20.0 Å². The summed E-state index contributed by atoms with van der Waals surface area (Å²) in [5.41, 5.74) is 1.15. The van der Waals surface area contributed by atoms with Crippen molar-refractivity contribution in [2.24, 2.45) is 0 Å². The summed E-state index contributed by atoms with van der Waals surface area (Å²) in [5, 5.41) is 8.84. The summed E-state index contributed by atoms with van der Waals surface area (Å²) in [6.45, 7) is 4.11. The summed E-state index contributed by atoms with van der Waals surface area (Å²) < 4.78 is 18.7. The third kappa shape index (κ3) is 3.67. The normalized spacial score (nSPS) is 10.6. The van der Waals surface area contributed by atoms with E-state index in [1.54, 1.807) is 12.3 Å². The van der Waals surface area contributed by atoms with Crippen LogP contribution in [0.5, 0.6) is 0 Å². The molecule has 0 fully saturated rings. The zero-order chi connectivity index (χ0) is 13.7. The van der Waals surface area contributed by atoms with Crippen LogP contribution < -0.4 is 0 Å². The van der Waals surface area contributed by atoms with Crippen molar-refractivity contribution >= 4 is 0 Å². The second kappa shape index (κ2) is 6.17. The van der Waals surface area contributed by atoms with E-state index in [4.69, 9.17) is 9.68 Å². The van der Waals surface area contributed by atoms with Crippen molar-refractivity contribution < 1.29 is 8.81 Å². The van der Waals surface area contributed by atoms with Crippen LogP contribution in [0.1, 0.15) is 23.8 Å². The molecule has 0 amide bonds. The minimum absolute atomic E-state index is 0.351. The van der Waals surface area contributed by atoms with Gasteiger partial charge in [-0.2, -0.15) is 5.26 Å². The van der Waals surface area contributed by atoms with Crippen molar-refractivity contribution in [1.82, 2.24) is 4.90 Å². The molecule has 0 radical (unpaired) electrons. The molecule has 0 saturated heterocycles. The summed E-state index contributed by atoms with van der Waals surface area (Å²) in [6.07, 6.45) is 1.64. The van der Waals surface area contributed by atoms with E-state index >= 15 is 0 Å². The summed E-state index contributed by atoms with van der Waals surface area (Å²) >= 11 is 0. The molecule has 1 aromatic carbocycles. The molecule has 0 aliphatic heterocycles. The quantitative estimate of drug-likeness (QED) is 0.826. The average molecular weight is 258 g/mol. The topological polar surface area (TPSA) is 40.2 Å². The van der Waals surface area contributed by atoms with E-state index in [-0.39, 0.29) is 5.82 Å². The van der Waals surface area contributed by atoms with E-state index < -0.39 is 0 Å².